The van der Waals surface area contributed by atoms with Crippen LogP contribution >= 0.6 is 0 Å². The highest BCUT2D eigenvalue weighted by molar-refractivity contribution is 5.97. The minimum absolute atomic E-state index is 0.00565. The van der Waals surface area contributed by atoms with Crippen LogP contribution in [0.2, 0.25) is 0 Å². The summed E-state index contributed by atoms with van der Waals surface area (Å²) in [6.45, 7) is 1.05. The smallest absolute Gasteiger partial charge is 0.335 e. The van der Waals surface area contributed by atoms with Gasteiger partial charge in [0.1, 0.15) is 67.9 Å². The van der Waals surface area contributed by atoms with Crippen LogP contribution in [0, 0.1) is 0 Å². The SMILES string of the molecule is CC(=O)OCc1ccc(O[C@@H]2O[C@H](C(=O)O)[C@@H](O)[C@H](O)[C@H]2O)c(C(=O)NCCOCCN(CCOCCNC(=O)c2cc(COC(C)=O)ccc2O[C@@H]2O[C@H](C(=O)O)[C@@H](O)[C@H](O)[C@H]2O)C(=O)COCCON)c1. The van der Waals surface area contributed by atoms with Crippen molar-refractivity contribution in [3.8, 4) is 11.5 Å². The number of nitrogens with zero attached hydrogens (tertiary/aromatic N) is 1. The summed E-state index contributed by atoms with van der Waals surface area (Å²) < 4.78 is 48.3. The number of benzene rings is 2. The van der Waals surface area contributed by atoms with Crippen LogP contribution in [0.5, 0.6) is 11.5 Å². The van der Waals surface area contributed by atoms with Crippen LogP contribution in [0.25, 0.3) is 0 Å². The van der Waals surface area contributed by atoms with Gasteiger partial charge in [-0.2, -0.15) is 0 Å². The number of hydrogen-bond donors (Lipinski definition) is 11. The van der Waals surface area contributed by atoms with E-state index >= 15 is 0 Å². The molecule has 0 aliphatic carbocycles. The quantitative estimate of drug-likeness (QED) is 0.0207. The second-order valence-corrected chi connectivity index (χ2v) is 16.0. The van der Waals surface area contributed by atoms with E-state index in [1.807, 2.05) is 0 Å². The summed E-state index contributed by atoms with van der Waals surface area (Å²) in [5, 5.41) is 85.5. The molecule has 0 spiro atoms. The van der Waals surface area contributed by atoms with Crippen LogP contribution in [-0.2, 0) is 75.2 Å². The Morgan fingerprint density at radius 2 is 1.00 bits per heavy atom. The lowest BCUT2D eigenvalue weighted by Crippen LogP contribution is -2.61. The van der Waals surface area contributed by atoms with Gasteiger partial charge in [-0.1, -0.05) is 12.1 Å². The van der Waals surface area contributed by atoms with E-state index in [1.54, 1.807) is 0 Å². The number of esters is 2. The van der Waals surface area contributed by atoms with Crippen LogP contribution < -0.4 is 26.0 Å². The molecule has 10 atom stereocenters. The standard InChI is InChI=1S/C44H60N4O25/c1-22(49)67-19-24-3-5-28(70-43-35(56)31(52)33(54)37(72-43)41(60)61)26(17-24)39(58)46-7-11-64-13-9-48(30(51)21-66-15-16-69-45)10-14-65-12-8-47-40(59)27-18-25(20-68-23(2)50)4-6-29(27)71-44-36(57)32(53)34(55)38(73-44)42(62)63/h3-6,17-18,31-38,43-44,52-57H,7-16,19-21,45H2,1-2H3,(H,46,58)(H,47,59)(H,60,61)(H,62,63)/t31-,32-,33-,34-,35+,36+,37-,38-,43+,44+/m0/s1. The molecular formula is C44H60N4O25. The lowest BCUT2D eigenvalue weighted by atomic mass is 9.99. The van der Waals surface area contributed by atoms with E-state index in [4.69, 9.17) is 48.5 Å². The first-order valence-electron chi connectivity index (χ1n) is 22.3. The van der Waals surface area contributed by atoms with Crippen molar-refractivity contribution in [2.24, 2.45) is 5.90 Å². The van der Waals surface area contributed by atoms with Crippen molar-refractivity contribution in [1.29, 1.82) is 0 Å². The van der Waals surface area contributed by atoms with E-state index in [1.165, 1.54) is 55.1 Å². The molecule has 2 aliphatic rings. The zero-order chi connectivity index (χ0) is 53.8. The molecule has 29 heteroatoms. The highest BCUT2D eigenvalue weighted by atomic mass is 16.7. The maximum Gasteiger partial charge on any atom is 0.335 e. The molecule has 4 rings (SSSR count). The monoisotopic (exact) mass is 1040 g/mol. The number of rotatable bonds is 29. The third-order valence-electron chi connectivity index (χ3n) is 10.6. The van der Waals surface area contributed by atoms with Crippen LogP contribution in [0.4, 0.5) is 0 Å². The molecule has 0 aromatic heterocycles. The van der Waals surface area contributed by atoms with Crippen molar-refractivity contribution in [3.63, 3.8) is 0 Å². The van der Waals surface area contributed by atoms with Crippen molar-refractivity contribution in [2.45, 2.75) is 88.5 Å². The average molecular weight is 1040 g/mol. The second kappa shape index (κ2) is 29.5. The summed E-state index contributed by atoms with van der Waals surface area (Å²) in [6, 6.07) is 7.95. The van der Waals surface area contributed by atoms with E-state index in [0.29, 0.717) is 11.1 Å². The number of ether oxygens (including phenoxy) is 9. The Balaban J connectivity index is 1.31. The molecular weight excluding hydrogens is 984 g/mol. The summed E-state index contributed by atoms with van der Waals surface area (Å²) in [7, 11) is 0. The molecule has 73 heavy (non-hydrogen) atoms. The average Bonchev–Trinajstić information content (AvgIpc) is 3.35. The van der Waals surface area contributed by atoms with E-state index < -0.39 is 103 Å². The molecule has 0 unspecified atom stereocenters. The fourth-order valence-electron chi connectivity index (χ4n) is 6.75. The van der Waals surface area contributed by atoms with Crippen LogP contribution in [-0.4, -0.2) is 221 Å². The van der Waals surface area contributed by atoms with Crippen LogP contribution in [0.1, 0.15) is 45.7 Å². The predicted molar refractivity (Wildman–Crippen MR) is 238 cm³/mol. The molecule has 0 saturated carbocycles. The number of hydrogen-bond acceptors (Lipinski definition) is 24. The maximum atomic E-state index is 13.4. The zero-order valence-electron chi connectivity index (χ0n) is 39.5. The Morgan fingerprint density at radius 3 is 1.38 bits per heavy atom. The highest BCUT2D eigenvalue weighted by Crippen LogP contribution is 2.30. The van der Waals surface area contributed by atoms with Gasteiger partial charge in [-0.25, -0.2) is 15.5 Å². The summed E-state index contributed by atoms with van der Waals surface area (Å²) >= 11 is 0. The fraction of sp³-hybridized carbons (Fsp3) is 0.568. The van der Waals surface area contributed by atoms with Crippen LogP contribution in [0.3, 0.4) is 0 Å². The Hall–Kier alpha value is -6.19. The molecule has 2 aliphatic heterocycles. The minimum atomic E-state index is -1.99. The number of carboxylic acids is 2. The van der Waals surface area contributed by atoms with Crippen molar-refractivity contribution >= 4 is 41.6 Å². The fourth-order valence-corrected chi connectivity index (χ4v) is 6.75. The third-order valence-corrected chi connectivity index (χ3v) is 10.6. The molecule has 3 amide bonds. The topological polar surface area (TPSA) is 427 Å². The van der Waals surface area contributed by atoms with Crippen molar-refractivity contribution < 1.29 is 122 Å². The number of aliphatic carboxylic acids is 2. The van der Waals surface area contributed by atoms with Crippen LogP contribution in [0.15, 0.2) is 36.4 Å². The Kier molecular flexibility index (Phi) is 24.0. The number of aliphatic hydroxyl groups excluding tert-OH is 6. The third kappa shape index (κ3) is 18.1. The van der Waals surface area contributed by atoms with Gasteiger partial charge in [-0.15, -0.1) is 0 Å². The van der Waals surface area contributed by atoms with Gasteiger partial charge < -0.3 is 104 Å². The highest BCUT2D eigenvalue weighted by Gasteiger charge is 2.49. The number of nitrogens with two attached hydrogens (primary N) is 1. The second-order valence-electron chi connectivity index (χ2n) is 16.0. The first-order valence-corrected chi connectivity index (χ1v) is 22.3. The summed E-state index contributed by atoms with van der Waals surface area (Å²) in [6.07, 6.45) is -19.5. The molecule has 2 heterocycles. The summed E-state index contributed by atoms with van der Waals surface area (Å²) in [4.78, 5) is 91.8. The number of carboxylic acid groups (broad SMARTS) is 2. The Bertz CT molecular complexity index is 2050. The molecule has 2 aromatic rings. The molecule has 2 aromatic carbocycles. The molecule has 0 radical (unpaired) electrons. The minimum Gasteiger partial charge on any atom is -0.479 e. The number of carbonyl (C=O) groups excluding carboxylic acids is 5. The lowest BCUT2D eigenvalue weighted by Gasteiger charge is -2.38. The van der Waals surface area contributed by atoms with E-state index in [0.717, 1.165) is 0 Å². The lowest BCUT2D eigenvalue weighted by molar-refractivity contribution is -0.271. The summed E-state index contributed by atoms with van der Waals surface area (Å²) in [5.74, 6) is -1.98. The largest absolute Gasteiger partial charge is 0.479 e. The summed E-state index contributed by atoms with van der Waals surface area (Å²) in [5.41, 5.74) is 0.312. The van der Waals surface area contributed by atoms with E-state index in [9.17, 15) is 74.4 Å². The maximum absolute atomic E-state index is 13.4. The van der Waals surface area contributed by atoms with Gasteiger partial charge in [0, 0.05) is 40.0 Å². The Labute approximate surface area is 415 Å². The molecule has 0 bridgehead atoms. The normalized spacial score (nSPS) is 23.6. The van der Waals surface area contributed by atoms with Crippen molar-refractivity contribution in [3.05, 3.63) is 58.7 Å². The molecule has 29 nitrogen and oxygen atoms in total. The molecule has 406 valence electrons. The molecule has 12 N–H and O–H groups in total. The van der Waals surface area contributed by atoms with Gasteiger partial charge in [0.05, 0.1) is 50.8 Å². The predicted octanol–water partition coefficient (Wildman–Crippen LogP) is -4.72. The van der Waals surface area contributed by atoms with Gasteiger partial charge in [-0.05, 0) is 35.4 Å². The van der Waals surface area contributed by atoms with Gasteiger partial charge in [0.2, 0.25) is 18.5 Å². The van der Waals surface area contributed by atoms with Gasteiger partial charge in [0.15, 0.2) is 12.2 Å². The van der Waals surface area contributed by atoms with E-state index in [2.05, 4.69) is 15.5 Å². The first kappa shape index (κ1) is 59.4. The number of carbonyl (C=O) groups is 7. The van der Waals surface area contributed by atoms with Gasteiger partial charge in [-0.3, -0.25) is 24.0 Å². The van der Waals surface area contributed by atoms with Crippen molar-refractivity contribution in [2.75, 3.05) is 72.4 Å². The van der Waals surface area contributed by atoms with Gasteiger partial charge >= 0.3 is 23.9 Å². The number of aliphatic hydroxyl groups is 6. The van der Waals surface area contributed by atoms with Crippen molar-refractivity contribution in [1.82, 2.24) is 15.5 Å². The Morgan fingerprint density at radius 1 is 0.575 bits per heavy atom. The number of nitrogens with one attached hydrogen (secondary N) is 2. The number of amides is 3. The first-order chi connectivity index (χ1) is 34.7. The van der Waals surface area contributed by atoms with Gasteiger partial charge in [0.25, 0.3) is 11.8 Å². The molecule has 2 saturated heterocycles. The molecule has 2 fully saturated rings. The zero-order valence-corrected chi connectivity index (χ0v) is 39.5. The van der Waals surface area contributed by atoms with E-state index in [-0.39, 0.29) is 108 Å².